The van der Waals surface area contributed by atoms with Gasteiger partial charge in [-0.1, -0.05) is 13.3 Å². The summed E-state index contributed by atoms with van der Waals surface area (Å²) in [5.41, 5.74) is 0. The Bertz CT molecular complexity index is 373. The molecule has 0 aromatic rings. The van der Waals surface area contributed by atoms with Gasteiger partial charge >= 0.3 is 0 Å². The zero-order valence-electron chi connectivity index (χ0n) is 16.6. The van der Waals surface area contributed by atoms with E-state index in [4.69, 9.17) is 4.99 Å². The number of guanidine groups is 1. The van der Waals surface area contributed by atoms with Gasteiger partial charge in [0.1, 0.15) is 0 Å². The van der Waals surface area contributed by atoms with Gasteiger partial charge in [-0.25, -0.2) is 0 Å². The van der Waals surface area contributed by atoms with Crippen LogP contribution in [-0.2, 0) is 0 Å². The van der Waals surface area contributed by atoms with Crippen LogP contribution in [0.25, 0.3) is 0 Å². The van der Waals surface area contributed by atoms with Crippen LogP contribution in [0.2, 0.25) is 0 Å². The Kier molecular flexibility index (Phi) is 12.1. The van der Waals surface area contributed by atoms with Crippen molar-refractivity contribution in [1.82, 2.24) is 20.4 Å². The van der Waals surface area contributed by atoms with E-state index < -0.39 is 0 Å². The molecule has 1 saturated heterocycles. The lowest BCUT2D eigenvalue weighted by molar-refractivity contribution is 0.160. The molecular formula is C19H40IN5. The van der Waals surface area contributed by atoms with Gasteiger partial charge in [-0.2, -0.15) is 0 Å². The number of likely N-dealkylation sites (tertiary alicyclic amines) is 1. The number of nitrogens with zero attached hydrogens (tertiary/aromatic N) is 3. The van der Waals surface area contributed by atoms with Gasteiger partial charge in [0.05, 0.1) is 0 Å². The lowest BCUT2D eigenvalue weighted by Crippen LogP contribution is -2.42. The molecule has 2 rings (SSSR count). The topological polar surface area (TPSA) is 42.9 Å². The van der Waals surface area contributed by atoms with Crippen molar-refractivity contribution >= 4 is 29.9 Å². The fourth-order valence-electron chi connectivity index (χ4n) is 3.65. The first-order valence-electron chi connectivity index (χ1n) is 10.2. The van der Waals surface area contributed by atoms with Crippen molar-refractivity contribution in [3.63, 3.8) is 0 Å². The maximum absolute atomic E-state index is 4.76. The normalized spacial score (nSPS) is 21.9. The second-order valence-corrected chi connectivity index (χ2v) is 7.28. The maximum Gasteiger partial charge on any atom is 0.191 e. The predicted molar refractivity (Wildman–Crippen MR) is 119 cm³/mol. The highest BCUT2D eigenvalue weighted by molar-refractivity contribution is 14.0. The molecule has 0 radical (unpaired) electrons. The third-order valence-electron chi connectivity index (χ3n) is 5.32. The van der Waals surface area contributed by atoms with Crippen molar-refractivity contribution in [3.05, 3.63) is 0 Å². The second kappa shape index (κ2) is 13.1. The number of halogens is 1. The molecule has 5 nitrogen and oxygen atoms in total. The molecule has 0 amide bonds. The fourth-order valence-corrected chi connectivity index (χ4v) is 3.65. The van der Waals surface area contributed by atoms with Crippen molar-refractivity contribution in [1.29, 1.82) is 0 Å². The average molecular weight is 465 g/mol. The van der Waals surface area contributed by atoms with E-state index in [1.54, 1.807) is 0 Å². The van der Waals surface area contributed by atoms with Crippen molar-refractivity contribution in [2.24, 2.45) is 4.99 Å². The molecule has 1 aliphatic carbocycles. The summed E-state index contributed by atoms with van der Waals surface area (Å²) >= 11 is 0. The zero-order valence-corrected chi connectivity index (χ0v) is 18.9. The number of aliphatic imine (C=N–C) groups is 1. The highest BCUT2D eigenvalue weighted by atomic mass is 127. The standard InChI is InChI=1S/C19H39N5.HI/c1-4-20-19(22-13-16-23(5-2)18-10-11-18)21-12-8-15-24-14-7-6-9-17(24)3;/h17-18H,4-16H2,1-3H3,(H2,20,21,22);1H. The van der Waals surface area contributed by atoms with Crippen molar-refractivity contribution < 1.29 is 0 Å². The Morgan fingerprint density at radius 2 is 1.96 bits per heavy atom. The first-order valence-corrected chi connectivity index (χ1v) is 10.2. The molecule has 6 heteroatoms. The first-order chi connectivity index (χ1) is 11.7. The van der Waals surface area contributed by atoms with Gasteiger partial charge in [0.15, 0.2) is 5.96 Å². The Hall–Kier alpha value is -0.0800. The van der Waals surface area contributed by atoms with Gasteiger partial charge in [-0.3, -0.25) is 9.89 Å². The Labute approximate surface area is 172 Å². The van der Waals surface area contributed by atoms with E-state index in [0.29, 0.717) is 0 Å². The quantitative estimate of drug-likeness (QED) is 0.225. The molecule has 0 spiro atoms. The molecule has 0 aromatic heterocycles. The van der Waals surface area contributed by atoms with Crippen LogP contribution >= 0.6 is 24.0 Å². The van der Waals surface area contributed by atoms with E-state index in [1.165, 1.54) is 45.2 Å². The summed E-state index contributed by atoms with van der Waals surface area (Å²) in [4.78, 5) is 9.97. The van der Waals surface area contributed by atoms with E-state index >= 15 is 0 Å². The van der Waals surface area contributed by atoms with Crippen molar-refractivity contribution in [3.8, 4) is 0 Å². The molecule has 2 aliphatic rings. The molecular weight excluding hydrogens is 425 g/mol. The molecule has 2 N–H and O–H groups in total. The largest absolute Gasteiger partial charge is 0.357 e. The predicted octanol–water partition coefficient (Wildman–Crippen LogP) is 2.91. The number of hydrogen-bond donors (Lipinski definition) is 2. The summed E-state index contributed by atoms with van der Waals surface area (Å²) in [7, 11) is 0. The number of likely N-dealkylation sites (N-methyl/N-ethyl adjacent to an activating group) is 1. The molecule has 1 heterocycles. The van der Waals surface area contributed by atoms with Crippen LogP contribution in [0.1, 0.15) is 59.3 Å². The molecule has 1 aliphatic heterocycles. The summed E-state index contributed by atoms with van der Waals surface area (Å²) < 4.78 is 0. The summed E-state index contributed by atoms with van der Waals surface area (Å²) in [6.45, 7) is 14.3. The summed E-state index contributed by atoms with van der Waals surface area (Å²) in [5, 5.41) is 6.87. The van der Waals surface area contributed by atoms with Crippen LogP contribution < -0.4 is 10.6 Å². The van der Waals surface area contributed by atoms with E-state index in [1.807, 2.05) is 0 Å². The van der Waals surface area contributed by atoms with Crippen LogP contribution in [-0.4, -0.2) is 73.7 Å². The lowest BCUT2D eigenvalue weighted by atomic mass is 10.0. The lowest BCUT2D eigenvalue weighted by Gasteiger charge is -2.33. The van der Waals surface area contributed by atoms with Crippen LogP contribution in [0, 0.1) is 0 Å². The van der Waals surface area contributed by atoms with E-state index in [2.05, 4.69) is 41.2 Å². The van der Waals surface area contributed by atoms with Gasteiger partial charge in [0.25, 0.3) is 0 Å². The third-order valence-corrected chi connectivity index (χ3v) is 5.32. The third kappa shape index (κ3) is 8.91. The minimum atomic E-state index is 0. The van der Waals surface area contributed by atoms with Crippen LogP contribution in [0.5, 0.6) is 0 Å². The van der Waals surface area contributed by atoms with E-state index in [-0.39, 0.29) is 24.0 Å². The monoisotopic (exact) mass is 465 g/mol. The van der Waals surface area contributed by atoms with Crippen LogP contribution in [0.4, 0.5) is 0 Å². The van der Waals surface area contributed by atoms with Crippen molar-refractivity contribution in [2.45, 2.75) is 71.4 Å². The molecule has 1 unspecified atom stereocenters. The minimum absolute atomic E-state index is 0. The molecule has 148 valence electrons. The summed E-state index contributed by atoms with van der Waals surface area (Å²) in [6.07, 6.45) is 8.06. The zero-order chi connectivity index (χ0) is 17.2. The Morgan fingerprint density at radius 1 is 1.16 bits per heavy atom. The van der Waals surface area contributed by atoms with Crippen LogP contribution in [0.3, 0.4) is 0 Å². The Morgan fingerprint density at radius 3 is 2.60 bits per heavy atom. The van der Waals surface area contributed by atoms with E-state index in [0.717, 1.165) is 57.2 Å². The molecule has 1 atom stereocenters. The maximum atomic E-state index is 4.76. The number of rotatable bonds is 10. The van der Waals surface area contributed by atoms with Crippen LogP contribution in [0.15, 0.2) is 4.99 Å². The van der Waals surface area contributed by atoms with Gasteiger partial charge in [-0.05, 0) is 59.0 Å². The fraction of sp³-hybridized carbons (Fsp3) is 0.947. The highest BCUT2D eigenvalue weighted by Crippen LogP contribution is 2.25. The van der Waals surface area contributed by atoms with Gasteiger partial charge in [-0.15, -0.1) is 24.0 Å². The van der Waals surface area contributed by atoms with Gasteiger partial charge < -0.3 is 15.5 Å². The Balaban J connectivity index is 0.00000312. The second-order valence-electron chi connectivity index (χ2n) is 7.28. The average Bonchev–Trinajstić information content (AvgIpc) is 3.42. The molecule has 2 fully saturated rings. The molecule has 0 aromatic carbocycles. The van der Waals surface area contributed by atoms with Gasteiger partial charge in [0.2, 0.25) is 0 Å². The molecule has 1 saturated carbocycles. The summed E-state index contributed by atoms with van der Waals surface area (Å²) in [5.74, 6) is 0.982. The summed E-state index contributed by atoms with van der Waals surface area (Å²) in [6, 6.07) is 1.61. The minimum Gasteiger partial charge on any atom is -0.357 e. The molecule has 0 bridgehead atoms. The molecule has 25 heavy (non-hydrogen) atoms. The number of hydrogen-bond acceptors (Lipinski definition) is 3. The number of nitrogens with one attached hydrogen (secondary N) is 2. The van der Waals surface area contributed by atoms with Crippen molar-refractivity contribution in [2.75, 3.05) is 45.8 Å². The number of piperidine rings is 1. The van der Waals surface area contributed by atoms with E-state index in [9.17, 15) is 0 Å². The smallest absolute Gasteiger partial charge is 0.191 e. The van der Waals surface area contributed by atoms with Gasteiger partial charge in [0, 0.05) is 44.8 Å². The highest BCUT2D eigenvalue weighted by Gasteiger charge is 2.27. The first kappa shape index (κ1) is 23.0. The SMILES string of the molecule is CCNC(=NCCCN1CCCCC1C)NCCN(CC)C1CC1.I.